The molecule has 0 fully saturated rings. The second-order valence-electron chi connectivity index (χ2n) is 5.29. The average molecular weight is 284 g/mol. The van der Waals surface area contributed by atoms with E-state index in [0.717, 1.165) is 9.58 Å². The molecule has 0 aromatic carbocycles. The topological polar surface area (TPSA) is 22.0 Å². The lowest BCUT2D eigenvalue weighted by Gasteiger charge is -2.09. The Kier molecular flexibility index (Phi) is 3.56. The van der Waals surface area contributed by atoms with Crippen LogP contribution in [-0.2, 0) is 7.05 Å². The minimum absolute atomic E-state index is 0.00236. The Labute approximate surface area is 116 Å². The van der Waals surface area contributed by atoms with E-state index < -0.39 is 0 Å². The van der Waals surface area contributed by atoms with Crippen LogP contribution in [0, 0.1) is 0 Å². The zero-order valence-electron chi connectivity index (χ0n) is 11.4. The van der Waals surface area contributed by atoms with E-state index in [0.29, 0.717) is 22.2 Å². The van der Waals surface area contributed by atoms with E-state index >= 15 is 0 Å². The van der Waals surface area contributed by atoms with E-state index in [2.05, 4.69) is 27.7 Å². The molecule has 0 amide bonds. The van der Waals surface area contributed by atoms with E-state index in [1.165, 1.54) is 5.56 Å². The largest absolute Gasteiger partial charge is 0.318 e. The molecule has 98 valence electrons. The van der Waals surface area contributed by atoms with Gasteiger partial charge in [0.2, 0.25) is 0 Å². The third-order valence-electron chi connectivity index (χ3n) is 3.15. The Balaban J connectivity index is 2.95. The van der Waals surface area contributed by atoms with E-state index in [9.17, 15) is 4.79 Å². The van der Waals surface area contributed by atoms with Crippen LogP contribution in [0.4, 0.5) is 0 Å². The Morgan fingerprint density at radius 2 is 1.83 bits per heavy atom. The number of pyridine rings is 1. The number of hydrogen-bond acceptors (Lipinski definition) is 2. The number of thiophene rings is 1. The van der Waals surface area contributed by atoms with Crippen LogP contribution < -0.4 is 5.56 Å². The Morgan fingerprint density at radius 1 is 1.22 bits per heavy atom. The van der Waals surface area contributed by atoms with Gasteiger partial charge in [0.05, 0.1) is 10.4 Å². The smallest absolute Gasteiger partial charge is 0.260 e. The Bertz CT molecular complexity index is 652. The molecule has 0 aliphatic heterocycles. The van der Waals surface area contributed by atoms with Gasteiger partial charge in [-0.2, -0.15) is 0 Å². The van der Waals surface area contributed by atoms with Crippen molar-refractivity contribution in [1.29, 1.82) is 0 Å². The number of rotatable bonds is 2. The fraction of sp³-hybridized carbons (Fsp3) is 0.500. The molecule has 2 aromatic heterocycles. The fourth-order valence-corrected chi connectivity index (χ4v) is 4.02. The van der Waals surface area contributed by atoms with Crippen molar-refractivity contribution in [2.24, 2.45) is 7.05 Å². The summed E-state index contributed by atoms with van der Waals surface area (Å²) in [7, 11) is 1.79. The lowest BCUT2D eigenvalue weighted by atomic mass is 10.0. The molecule has 4 heteroatoms. The minimum atomic E-state index is 0.00236. The number of hydrogen-bond donors (Lipinski definition) is 0. The van der Waals surface area contributed by atoms with Crippen molar-refractivity contribution in [1.82, 2.24) is 4.57 Å². The van der Waals surface area contributed by atoms with Crippen LogP contribution in [0.1, 0.15) is 50.0 Å². The average Bonchev–Trinajstić information content (AvgIpc) is 2.61. The van der Waals surface area contributed by atoms with Gasteiger partial charge in [0.25, 0.3) is 5.56 Å². The van der Waals surface area contributed by atoms with Crippen LogP contribution in [0.2, 0.25) is 5.02 Å². The summed E-state index contributed by atoms with van der Waals surface area (Å²) < 4.78 is 2.70. The lowest BCUT2D eigenvalue weighted by Crippen LogP contribution is -2.17. The lowest BCUT2D eigenvalue weighted by molar-refractivity contribution is 0.811. The normalized spacial score (nSPS) is 12.0. The maximum atomic E-state index is 12.2. The first-order chi connectivity index (χ1) is 8.34. The van der Waals surface area contributed by atoms with Gasteiger partial charge in [0.15, 0.2) is 0 Å². The summed E-state index contributed by atoms with van der Waals surface area (Å²) in [5, 5.41) is 1.34. The van der Waals surface area contributed by atoms with Gasteiger partial charge in [-0.05, 0) is 17.4 Å². The predicted octanol–water partition coefficient (Wildman–Crippen LogP) is 4.50. The molecule has 0 saturated heterocycles. The minimum Gasteiger partial charge on any atom is -0.318 e. The summed E-state index contributed by atoms with van der Waals surface area (Å²) in [6.45, 7) is 8.50. The molecule has 0 N–H and O–H groups in total. The van der Waals surface area contributed by atoms with Crippen LogP contribution in [-0.4, -0.2) is 4.57 Å². The van der Waals surface area contributed by atoms with Crippen LogP contribution in [0.5, 0.6) is 0 Å². The molecule has 2 nitrogen and oxygen atoms in total. The monoisotopic (exact) mass is 283 g/mol. The highest BCUT2D eigenvalue weighted by atomic mass is 35.5. The van der Waals surface area contributed by atoms with Crippen LogP contribution in [0.25, 0.3) is 10.1 Å². The molecule has 0 bridgehead atoms. The molecule has 2 heterocycles. The quantitative estimate of drug-likeness (QED) is 0.795. The molecule has 0 unspecified atom stereocenters. The van der Waals surface area contributed by atoms with E-state index in [1.54, 1.807) is 23.0 Å². The highest BCUT2D eigenvalue weighted by Crippen LogP contribution is 2.40. The van der Waals surface area contributed by atoms with Gasteiger partial charge in [0, 0.05) is 22.8 Å². The molecule has 0 aliphatic rings. The SMILES string of the molecule is CC(C)c1sc2c(C(C)C)cn(C)c(=O)c2c1Cl. The van der Waals surface area contributed by atoms with Gasteiger partial charge in [-0.25, -0.2) is 0 Å². The molecule has 18 heavy (non-hydrogen) atoms. The Hall–Kier alpha value is -0.800. The summed E-state index contributed by atoms with van der Waals surface area (Å²) in [4.78, 5) is 13.4. The summed E-state index contributed by atoms with van der Waals surface area (Å²) in [5.41, 5.74) is 1.20. The third kappa shape index (κ3) is 1.99. The number of aromatic nitrogens is 1. The highest BCUT2D eigenvalue weighted by Gasteiger charge is 2.20. The van der Waals surface area contributed by atoms with Gasteiger partial charge in [-0.1, -0.05) is 39.3 Å². The molecular formula is C14H18ClNOS. The first-order valence-electron chi connectivity index (χ1n) is 6.16. The second-order valence-corrected chi connectivity index (χ2v) is 6.72. The molecule has 0 saturated carbocycles. The van der Waals surface area contributed by atoms with Crippen molar-refractivity contribution < 1.29 is 0 Å². The van der Waals surface area contributed by atoms with Crippen molar-refractivity contribution in [2.75, 3.05) is 0 Å². The van der Waals surface area contributed by atoms with E-state index in [4.69, 9.17) is 11.6 Å². The molecule has 0 aliphatic carbocycles. The van der Waals surface area contributed by atoms with Crippen LogP contribution in [0.3, 0.4) is 0 Å². The summed E-state index contributed by atoms with van der Waals surface area (Å²) in [5.74, 6) is 0.730. The van der Waals surface area contributed by atoms with E-state index in [1.807, 2.05) is 6.20 Å². The zero-order chi connectivity index (χ0) is 13.6. The fourth-order valence-electron chi connectivity index (χ4n) is 2.11. The number of aryl methyl sites for hydroxylation is 1. The van der Waals surface area contributed by atoms with Crippen molar-refractivity contribution >= 4 is 33.0 Å². The van der Waals surface area contributed by atoms with Gasteiger partial charge >= 0.3 is 0 Å². The zero-order valence-corrected chi connectivity index (χ0v) is 12.9. The van der Waals surface area contributed by atoms with Crippen molar-refractivity contribution in [3.05, 3.63) is 32.0 Å². The molecule has 0 spiro atoms. The van der Waals surface area contributed by atoms with Gasteiger partial charge in [0.1, 0.15) is 0 Å². The number of fused-ring (bicyclic) bond motifs is 1. The van der Waals surface area contributed by atoms with Gasteiger partial charge in [-0.15, -0.1) is 11.3 Å². The van der Waals surface area contributed by atoms with Crippen molar-refractivity contribution in [3.8, 4) is 0 Å². The standard InChI is InChI=1S/C14H18ClNOS/c1-7(2)9-6-16(5)14(17)10-11(15)12(8(3)4)18-13(9)10/h6-8H,1-5H3. The predicted molar refractivity (Wildman–Crippen MR) is 80.3 cm³/mol. The maximum Gasteiger partial charge on any atom is 0.260 e. The van der Waals surface area contributed by atoms with Gasteiger partial charge in [-0.3, -0.25) is 4.79 Å². The van der Waals surface area contributed by atoms with Gasteiger partial charge < -0.3 is 4.57 Å². The third-order valence-corrected chi connectivity index (χ3v) is 5.19. The second kappa shape index (κ2) is 4.71. The molecular weight excluding hydrogens is 266 g/mol. The summed E-state index contributed by atoms with van der Waals surface area (Å²) >= 11 is 8.07. The molecule has 2 rings (SSSR count). The summed E-state index contributed by atoms with van der Waals surface area (Å²) in [6, 6.07) is 0. The van der Waals surface area contributed by atoms with E-state index in [-0.39, 0.29) is 5.56 Å². The van der Waals surface area contributed by atoms with Crippen LogP contribution >= 0.6 is 22.9 Å². The van der Waals surface area contributed by atoms with Crippen molar-refractivity contribution in [2.45, 2.75) is 39.5 Å². The number of nitrogens with zero attached hydrogens (tertiary/aromatic N) is 1. The summed E-state index contributed by atoms with van der Waals surface area (Å²) in [6.07, 6.45) is 1.94. The Morgan fingerprint density at radius 3 is 2.33 bits per heavy atom. The van der Waals surface area contributed by atoms with Crippen molar-refractivity contribution in [3.63, 3.8) is 0 Å². The number of halogens is 1. The van der Waals surface area contributed by atoms with Crippen LogP contribution in [0.15, 0.2) is 11.0 Å². The molecule has 0 radical (unpaired) electrons. The first-order valence-corrected chi connectivity index (χ1v) is 7.35. The first kappa shape index (κ1) is 13.6. The molecule has 0 atom stereocenters. The highest BCUT2D eigenvalue weighted by molar-refractivity contribution is 7.20. The maximum absolute atomic E-state index is 12.2. The molecule has 2 aromatic rings.